The van der Waals surface area contributed by atoms with Crippen molar-refractivity contribution in [3.05, 3.63) is 53.0 Å². The third-order valence-corrected chi connectivity index (χ3v) is 3.18. The first-order chi connectivity index (χ1) is 11.1. The number of rotatable bonds is 4. The monoisotopic (exact) mass is 311 g/mol. The molecule has 0 fully saturated rings. The van der Waals surface area contributed by atoms with Gasteiger partial charge in [-0.15, -0.1) is 0 Å². The van der Waals surface area contributed by atoms with Crippen molar-refractivity contribution in [2.45, 2.75) is 0 Å². The zero-order valence-corrected chi connectivity index (χ0v) is 12.5. The lowest BCUT2D eigenvalue weighted by Gasteiger charge is -2.13. The van der Waals surface area contributed by atoms with Gasteiger partial charge < -0.3 is 9.64 Å². The molecule has 3 aromatic rings. The molecule has 23 heavy (non-hydrogen) atoms. The number of ether oxygens (including phenoxy) is 1. The summed E-state index contributed by atoms with van der Waals surface area (Å²) in [5.74, 6) is 0.453. The predicted octanol–water partition coefficient (Wildman–Crippen LogP) is 2.79. The van der Waals surface area contributed by atoms with Gasteiger partial charge in [0.15, 0.2) is 5.75 Å². The standard InChI is InChI=1S/C15H13N5O3/c1-19(2)14-13(20(21)22)15(18-9-17-14)23-11-7-3-5-10-6-4-8-16-12(10)11/h3-9H,1-2H3. The number of para-hydroxylation sites is 1. The van der Waals surface area contributed by atoms with Gasteiger partial charge in [-0.05, 0) is 12.1 Å². The number of aromatic nitrogens is 3. The molecule has 2 heterocycles. The number of fused-ring (bicyclic) bond motifs is 1. The van der Waals surface area contributed by atoms with E-state index < -0.39 is 4.92 Å². The van der Waals surface area contributed by atoms with E-state index >= 15 is 0 Å². The van der Waals surface area contributed by atoms with Gasteiger partial charge in [-0.2, -0.15) is 4.98 Å². The third-order valence-electron chi connectivity index (χ3n) is 3.18. The highest BCUT2D eigenvalue weighted by Gasteiger charge is 2.26. The van der Waals surface area contributed by atoms with Crippen LogP contribution in [0, 0.1) is 10.1 Å². The number of benzene rings is 1. The number of nitrogens with zero attached hydrogens (tertiary/aromatic N) is 5. The molecule has 8 heteroatoms. The molecular weight excluding hydrogens is 298 g/mol. The van der Waals surface area contributed by atoms with E-state index in [4.69, 9.17) is 4.74 Å². The molecular formula is C15H13N5O3. The summed E-state index contributed by atoms with van der Waals surface area (Å²) in [6.07, 6.45) is 2.87. The van der Waals surface area contributed by atoms with Crippen LogP contribution in [0.4, 0.5) is 11.5 Å². The fraction of sp³-hybridized carbons (Fsp3) is 0.133. The molecule has 0 amide bonds. The Bertz CT molecular complexity index is 877. The van der Waals surface area contributed by atoms with Gasteiger partial charge in [0, 0.05) is 25.7 Å². The van der Waals surface area contributed by atoms with E-state index in [-0.39, 0.29) is 17.4 Å². The second kappa shape index (κ2) is 5.84. The molecule has 116 valence electrons. The first kappa shape index (κ1) is 14.6. The summed E-state index contributed by atoms with van der Waals surface area (Å²) in [4.78, 5) is 24.5. The van der Waals surface area contributed by atoms with E-state index in [0.29, 0.717) is 11.3 Å². The van der Waals surface area contributed by atoms with E-state index in [1.807, 2.05) is 18.2 Å². The molecule has 8 nitrogen and oxygen atoms in total. The van der Waals surface area contributed by atoms with Crippen LogP contribution in [0.15, 0.2) is 42.9 Å². The van der Waals surface area contributed by atoms with Crippen LogP contribution in [0.5, 0.6) is 11.6 Å². The van der Waals surface area contributed by atoms with Gasteiger partial charge in [-0.1, -0.05) is 18.2 Å². The van der Waals surface area contributed by atoms with Crippen LogP contribution in [0.25, 0.3) is 10.9 Å². The first-order valence-corrected chi connectivity index (χ1v) is 6.76. The number of anilines is 1. The molecule has 1 aromatic carbocycles. The molecule has 0 spiro atoms. The van der Waals surface area contributed by atoms with Gasteiger partial charge in [0.1, 0.15) is 11.8 Å². The van der Waals surface area contributed by atoms with Crippen LogP contribution in [0.1, 0.15) is 0 Å². The van der Waals surface area contributed by atoms with Gasteiger partial charge in [0.25, 0.3) is 0 Å². The Hall–Kier alpha value is -3.29. The van der Waals surface area contributed by atoms with Crippen LogP contribution in [-0.2, 0) is 0 Å². The smallest absolute Gasteiger partial charge is 0.373 e. The molecule has 0 aliphatic heterocycles. The minimum atomic E-state index is -0.552. The minimum Gasteiger partial charge on any atom is -0.431 e. The normalized spacial score (nSPS) is 10.5. The molecule has 0 atom stereocenters. The predicted molar refractivity (Wildman–Crippen MR) is 84.8 cm³/mol. The van der Waals surface area contributed by atoms with E-state index in [1.165, 1.54) is 11.2 Å². The third kappa shape index (κ3) is 2.73. The number of hydrogen-bond donors (Lipinski definition) is 0. The molecule has 0 N–H and O–H groups in total. The average Bonchev–Trinajstić information content (AvgIpc) is 2.54. The molecule has 0 saturated carbocycles. The van der Waals surface area contributed by atoms with Crippen LogP contribution in [0.2, 0.25) is 0 Å². The second-order valence-corrected chi connectivity index (χ2v) is 4.94. The maximum atomic E-state index is 11.4. The lowest BCUT2D eigenvalue weighted by Crippen LogP contribution is -2.14. The Balaban J connectivity index is 2.12. The van der Waals surface area contributed by atoms with E-state index in [2.05, 4.69) is 15.0 Å². The van der Waals surface area contributed by atoms with Gasteiger partial charge in [0.2, 0.25) is 5.82 Å². The number of hydrogen-bond acceptors (Lipinski definition) is 7. The Labute approximate surface area is 131 Å². The topological polar surface area (TPSA) is 94.3 Å². The summed E-state index contributed by atoms with van der Waals surface area (Å²) >= 11 is 0. The van der Waals surface area contributed by atoms with Gasteiger partial charge >= 0.3 is 11.6 Å². The maximum absolute atomic E-state index is 11.4. The van der Waals surface area contributed by atoms with Crippen molar-refractivity contribution < 1.29 is 9.66 Å². The fourth-order valence-corrected chi connectivity index (χ4v) is 2.18. The summed E-state index contributed by atoms with van der Waals surface area (Å²) in [5, 5.41) is 12.3. The van der Waals surface area contributed by atoms with Crippen LogP contribution in [-0.4, -0.2) is 34.0 Å². The SMILES string of the molecule is CN(C)c1ncnc(Oc2cccc3cccnc23)c1[N+](=O)[O-]. The maximum Gasteiger partial charge on any atom is 0.373 e. The Morgan fingerprint density at radius 2 is 1.91 bits per heavy atom. The van der Waals surface area contributed by atoms with Gasteiger partial charge in [-0.3, -0.25) is 15.1 Å². The summed E-state index contributed by atoms with van der Waals surface area (Å²) < 4.78 is 5.69. The molecule has 0 radical (unpaired) electrons. The highest BCUT2D eigenvalue weighted by molar-refractivity contribution is 5.84. The average molecular weight is 311 g/mol. The molecule has 0 aliphatic rings. The van der Waals surface area contributed by atoms with Crippen LogP contribution >= 0.6 is 0 Å². The van der Waals surface area contributed by atoms with Crippen molar-refractivity contribution >= 4 is 22.4 Å². The highest BCUT2D eigenvalue weighted by Crippen LogP contribution is 2.36. The minimum absolute atomic E-state index is 0.119. The van der Waals surface area contributed by atoms with Crippen molar-refractivity contribution in [2.24, 2.45) is 0 Å². The van der Waals surface area contributed by atoms with E-state index in [1.54, 1.807) is 32.4 Å². The fourth-order valence-electron chi connectivity index (χ4n) is 2.18. The summed E-state index contributed by atoms with van der Waals surface area (Å²) in [6, 6.07) is 9.06. The Morgan fingerprint density at radius 3 is 2.65 bits per heavy atom. The van der Waals surface area contributed by atoms with Crippen molar-refractivity contribution in [1.82, 2.24) is 15.0 Å². The highest BCUT2D eigenvalue weighted by atomic mass is 16.6. The van der Waals surface area contributed by atoms with E-state index in [0.717, 1.165) is 5.39 Å². The molecule has 0 bridgehead atoms. The van der Waals surface area contributed by atoms with Gasteiger partial charge in [-0.25, -0.2) is 4.98 Å². The van der Waals surface area contributed by atoms with Crippen molar-refractivity contribution in [2.75, 3.05) is 19.0 Å². The van der Waals surface area contributed by atoms with Crippen molar-refractivity contribution in [1.29, 1.82) is 0 Å². The second-order valence-electron chi connectivity index (χ2n) is 4.94. The van der Waals surface area contributed by atoms with Crippen molar-refractivity contribution in [3.8, 4) is 11.6 Å². The molecule has 0 saturated heterocycles. The lowest BCUT2D eigenvalue weighted by molar-refractivity contribution is -0.385. The lowest BCUT2D eigenvalue weighted by atomic mass is 10.2. The zero-order chi connectivity index (χ0) is 16.4. The number of nitro groups is 1. The zero-order valence-electron chi connectivity index (χ0n) is 12.5. The van der Waals surface area contributed by atoms with Crippen LogP contribution in [0.3, 0.4) is 0 Å². The first-order valence-electron chi connectivity index (χ1n) is 6.76. The number of pyridine rings is 1. The molecule has 3 rings (SSSR count). The van der Waals surface area contributed by atoms with Crippen LogP contribution < -0.4 is 9.64 Å². The molecule has 0 aliphatic carbocycles. The summed E-state index contributed by atoms with van der Waals surface area (Å²) in [7, 11) is 3.33. The van der Waals surface area contributed by atoms with Gasteiger partial charge in [0.05, 0.1) is 4.92 Å². The summed E-state index contributed by atoms with van der Waals surface area (Å²) in [6.45, 7) is 0. The summed E-state index contributed by atoms with van der Waals surface area (Å²) in [5.41, 5.74) is 0.319. The molecule has 0 unspecified atom stereocenters. The van der Waals surface area contributed by atoms with E-state index in [9.17, 15) is 10.1 Å². The molecule has 2 aromatic heterocycles. The largest absolute Gasteiger partial charge is 0.431 e. The van der Waals surface area contributed by atoms with Crippen molar-refractivity contribution in [3.63, 3.8) is 0 Å². The Morgan fingerprint density at radius 1 is 1.13 bits per heavy atom. The Kier molecular flexibility index (Phi) is 3.71. The quantitative estimate of drug-likeness (QED) is 0.540.